The Balaban J connectivity index is 1.19. The predicted molar refractivity (Wildman–Crippen MR) is 132 cm³/mol. The molecule has 0 unspecified atom stereocenters. The molecule has 0 amide bonds. The number of nitrogens with zero attached hydrogens (tertiary/aromatic N) is 5. The van der Waals surface area contributed by atoms with Gasteiger partial charge in [-0.05, 0) is 77.4 Å². The van der Waals surface area contributed by atoms with E-state index in [0.29, 0.717) is 11.7 Å². The van der Waals surface area contributed by atoms with Gasteiger partial charge in [-0.3, -0.25) is 9.78 Å². The summed E-state index contributed by atoms with van der Waals surface area (Å²) in [5.41, 5.74) is 5.25. The van der Waals surface area contributed by atoms with Gasteiger partial charge >= 0.3 is 0 Å². The van der Waals surface area contributed by atoms with Gasteiger partial charge in [0.2, 0.25) is 11.7 Å². The normalized spacial score (nSPS) is 15.3. The summed E-state index contributed by atoms with van der Waals surface area (Å²) in [4.78, 5) is 23.6. The fraction of sp³-hybridized carbons (Fsp3) is 0.407. The number of likely N-dealkylation sites (tertiary alicyclic amines) is 1. The number of carbonyl (C=O) groups is 1. The van der Waals surface area contributed by atoms with Gasteiger partial charge in [-0.2, -0.15) is 4.98 Å². The van der Waals surface area contributed by atoms with Crippen molar-refractivity contribution in [2.45, 2.75) is 52.5 Å². The number of hydrogen-bond donors (Lipinski definition) is 0. The molecular formula is C27H31N5O2. The average Bonchev–Trinajstić information content (AvgIpc) is 3.44. The van der Waals surface area contributed by atoms with Crippen molar-refractivity contribution in [3.05, 3.63) is 65.4 Å². The molecule has 1 fully saturated rings. The SMILES string of the molecule is CC(=O)c1c(C)n(CCCN2CCC(c3nc(-c4cccnc4)no3)CC2)c2c(C)cccc12. The first kappa shape index (κ1) is 22.5. The van der Waals surface area contributed by atoms with Gasteiger partial charge in [-0.1, -0.05) is 23.4 Å². The van der Waals surface area contributed by atoms with E-state index in [-0.39, 0.29) is 5.78 Å². The monoisotopic (exact) mass is 457 g/mol. The van der Waals surface area contributed by atoms with Crippen LogP contribution in [0.5, 0.6) is 0 Å². The minimum Gasteiger partial charge on any atom is -0.344 e. The van der Waals surface area contributed by atoms with Gasteiger partial charge < -0.3 is 14.0 Å². The van der Waals surface area contributed by atoms with E-state index in [9.17, 15) is 4.79 Å². The lowest BCUT2D eigenvalue weighted by Gasteiger charge is -2.30. The molecule has 176 valence electrons. The van der Waals surface area contributed by atoms with Crippen LogP contribution in [0.25, 0.3) is 22.3 Å². The third-order valence-electron chi connectivity index (χ3n) is 7.05. The molecule has 0 spiro atoms. The van der Waals surface area contributed by atoms with Gasteiger partial charge in [-0.15, -0.1) is 0 Å². The van der Waals surface area contributed by atoms with Crippen LogP contribution in [0.2, 0.25) is 0 Å². The van der Waals surface area contributed by atoms with E-state index >= 15 is 0 Å². The fourth-order valence-electron chi connectivity index (χ4n) is 5.31. The number of piperidine rings is 1. The van der Waals surface area contributed by atoms with Crippen LogP contribution in [0.4, 0.5) is 0 Å². The average molecular weight is 458 g/mol. The van der Waals surface area contributed by atoms with E-state index in [0.717, 1.165) is 73.5 Å². The standard InChI is InChI=1S/C27H31N5O2/c1-18-7-4-9-23-24(20(3)33)19(2)32(25(18)23)14-6-13-31-15-10-21(11-16-31)27-29-26(30-34-27)22-8-5-12-28-17-22/h4-5,7-9,12,17,21H,6,10-11,13-16H2,1-3H3. The van der Waals surface area contributed by atoms with Crippen molar-refractivity contribution in [3.63, 3.8) is 0 Å². The summed E-state index contributed by atoms with van der Waals surface area (Å²) in [7, 11) is 0. The molecule has 34 heavy (non-hydrogen) atoms. The Hall–Kier alpha value is -3.32. The van der Waals surface area contributed by atoms with Gasteiger partial charge in [0.1, 0.15) is 0 Å². The number of Topliss-reactive ketones (excluding diaryl/α,β-unsaturated/α-hetero) is 1. The van der Waals surface area contributed by atoms with Gasteiger partial charge in [0.15, 0.2) is 5.78 Å². The summed E-state index contributed by atoms with van der Waals surface area (Å²) in [5, 5.41) is 5.23. The highest BCUT2D eigenvalue weighted by Gasteiger charge is 2.25. The van der Waals surface area contributed by atoms with Crippen LogP contribution in [-0.4, -0.2) is 50.0 Å². The Bertz CT molecular complexity index is 1300. The second-order valence-corrected chi connectivity index (χ2v) is 9.31. The third kappa shape index (κ3) is 4.28. The van der Waals surface area contributed by atoms with Crippen LogP contribution in [0, 0.1) is 13.8 Å². The molecule has 0 N–H and O–H groups in total. The van der Waals surface area contributed by atoms with Crippen LogP contribution >= 0.6 is 0 Å². The van der Waals surface area contributed by atoms with Gasteiger partial charge in [0, 0.05) is 47.1 Å². The molecule has 7 heteroatoms. The summed E-state index contributed by atoms with van der Waals surface area (Å²) in [6, 6.07) is 10.1. The molecule has 0 atom stereocenters. The Morgan fingerprint density at radius 1 is 1.12 bits per heavy atom. The Morgan fingerprint density at radius 2 is 1.94 bits per heavy atom. The topological polar surface area (TPSA) is 77.1 Å². The van der Waals surface area contributed by atoms with Crippen LogP contribution in [0.3, 0.4) is 0 Å². The number of para-hydroxylation sites is 1. The third-order valence-corrected chi connectivity index (χ3v) is 7.05. The Kier molecular flexibility index (Phi) is 6.28. The summed E-state index contributed by atoms with van der Waals surface area (Å²) < 4.78 is 7.92. The number of pyridine rings is 1. The fourth-order valence-corrected chi connectivity index (χ4v) is 5.31. The molecule has 1 aromatic carbocycles. The van der Waals surface area contributed by atoms with Crippen LogP contribution in [-0.2, 0) is 6.54 Å². The van der Waals surface area contributed by atoms with Crippen LogP contribution in [0.15, 0.2) is 47.2 Å². The number of ketones is 1. The Morgan fingerprint density at radius 3 is 2.68 bits per heavy atom. The summed E-state index contributed by atoms with van der Waals surface area (Å²) in [6.45, 7) is 9.88. The molecule has 4 heterocycles. The lowest BCUT2D eigenvalue weighted by molar-refractivity contribution is 0.101. The maximum absolute atomic E-state index is 12.3. The zero-order chi connectivity index (χ0) is 23.7. The molecule has 1 aliphatic rings. The zero-order valence-electron chi connectivity index (χ0n) is 20.1. The first-order valence-corrected chi connectivity index (χ1v) is 12.1. The quantitative estimate of drug-likeness (QED) is 0.356. The van der Waals surface area contributed by atoms with Crippen molar-refractivity contribution in [2.24, 2.45) is 0 Å². The molecule has 4 aromatic rings. The van der Waals surface area contributed by atoms with E-state index in [1.165, 1.54) is 11.1 Å². The van der Waals surface area contributed by atoms with Gasteiger partial charge in [0.25, 0.3) is 0 Å². The molecule has 0 bridgehead atoms. The number of rotatable bonds is 7. The van der Waals surface area contributed by atoms with E-state index in [1.54, 1.807) is 19.3 Å². The van der Waals surface area contributed by atoms with Gasteiger partial charge in [0.05, 0.1) is 5.52 Å². The maximum Gasteiger partial charge on any atom is 0.230 e. The van der Waals surface area contributed by atoms with Crippen LogP contribution < -0.4 is 0 Å². The van der Waals surface area contributed by atoms with Gasteiger partial charge in [-0.25, -0.2) is 0 Å². The maximum atomic E-state index is 12.3. The van der Waals surface area contributed by atoms with Crippen molar-refractivity contribution < 1.29 is 9.32 Å². The highest BCUT2D eigenvalue weighted by atomic mass is 16.5. The molecule has 0 aliphatic carbocycles. The second-order valence-electron chi connectivity index (χ2n) is 9.31. The molecule has 7 nitrogen and oxygen atoms in total. The van der Waals surface area contributed by atoms with E-state index in [1.807, 2.05) is 18.2 Å². The largest absolute Gasteiger partial charge is 0.344 e. The smallest absolute Gasteiger partial charge is 0.230 e. The number of fused-ring (bicyclic) bond motifs is 1. The summed E-state index contributed by atoms with van der Waals surface area (Å²) in [5.74, 6) is 1.80. The lowest BCUT2D eigenvalue weighted by atomic mass is 9.96. The lowest BCUT2D eigenvalue weighted by Crippen LogP contribution is -2.34. The van der Waals surface area contributed by atoms with Crippen molar-refractivity contribution in [1.29, 1.82) is 0 Å². The Labute approximate surface area is 199 Å². The molecule has 1 saturated heterocycles. The molecule has 5 rings (SSSR count). The number of benzene rings is 1. The first-order chi connectivity index (χ1) is 16.5. The molecule has 1 aliphatic heterocycles. The van der Waals surface area contributed by atoms with Crippen molar-refractivity contribution in [2.75, 3.05) is 19.6 Å². The summed E-state index contributed by atoms with van der Waals surface area (Å²) >= 11 is 0. The van der Waals surface area contributed by atoms with Crippen molar-refractivity contribution in [3.8, 4) is 11.4 Å². The van der Waals surface area contributed by atoms with Crippen molar-refractivity contribution >= 4 is 16.7 Å². The highest BCUT2D eigenvalue weighted by Crippen LogP contribution is 2.30. The minimum atomic E-state index is 0.140. The zero-order valence-corrected chi connectivity index (χ0v) is 20.1. The van der Waals surface area contributed by atoms with E-state index < -0.39 is 0 Å². The minimum absolute atomic E-state index is 0.140. The highest BCUT2D eigenvalue weighted by molar-refractivity contribution is 6.09. The molecule has 0 saturated carbocycles. The number of hydrogen-bond acceptors (Lipinski definition) is 6. The second kappa shape index (κ2) is 9.50. The van der Waals surface area contributed by atoms with E-state index in [2.05, 4.69) is 50.6 Å². The number of aryl methyl sites for hydroxylation is 2. The van der Waals surface area contributed by atoms with E-state index in [4.69, 9.17) is 4.52 Å². The van der Waals surface area contributed by atoms with Crippen LogP contribution in [0.1, 0.15) is 59.6 Å². The molecule has 0 radical (unpaired) electrons. The summed E-state index contributed by atoms with van der Waals surface area (Å²) in [6.07, 6.45) is 6.59. The van der Waals surface area contributed by atoms with Crippen molar-refractivity contribution in [1.82, 2.24) is 24.6 Å². The molecule has 3 aromatic heterocycles. The first-order valence-electron chi connectivity index (χ1n) is 12.1. The predicted octanol–water partition coefficient (Wildman–Crippen LogP) is 5.18. The number of aromatic nitrogens is 4. The number of carbonyl (C=O) groups excluding carboxylic acids is 1. The molecular weight excluding hydrogens is 426 g/mol.